The molecule has 0 heterocycles. The van der Waals surface area contributed by atoms with Crippen molar-refractivity contribution < 1.29 is 7.72 Å². The molecule has 104 valence electrons. The van der Waals surface area contributed by atoms with Crippen LogP contribution in [0.1, 0.15) is 5.56 Å². The van der Waals surface area contributed by atoms with Crippen molar-refractivity contribution >= 4 is 64.2 Å². The maximum absolute atomic E-state index is 6.01. The summed E-state index contributed by atoms with van der Waals surface area (Å²) in [6, 6.07) is 10.2. The van der Waals surface area contributed by atoms with Crippen LogP contribution >= 0.6 is 57.3 Å². The van der Waals surface area contributed by atoms with Crippen LogP contribution in [-0.4, -0.2) is 25.3 Å². The van der Waals surface area contributed by atoms with Crippen LogP contribution < -0.4 is 0 Å². The summed E-state index contributed by atoms with van der Waals surface area (Å²) in [7, 11) is 8.93. The van der Waals surface area contributed by atoms with E-state index >= 15 is 0 Å². The van der Waals surface area contributed by atoms with Gasteiger partial charge in [0.15, 0.2) is 0 Å². The van der Waals surface area contributed by atoms with Gasteiger partial charge in [0.2, 0.25) is 0 Å². The van der Waals surface area contributed by atoms with Gasteiger partial charge in [0.25, 0.3) is 0 Å². The first-order chi connectivity index (χ1) is 9.26. The third-order valence-electron chi connectivity index (χ3n) is 2.75. The molecule has 1 aromatic carbocycles. The van der Waals surface area contributed by atoms with E-state index in [0.717, 1.165) is 6.32 Å². The standard InChI is InChI=1S/C12H15BClIO2S2/c1-16-13(9-10-5-3-2-4-6-10)12(19-14)11(17-15)7-8-18/h2-8,11-12,18H,9H2,1H3/b8-7+/t11-,12?/m1/s1. The lowest BCUT2D eigenvalue weighted by Crippen LogP contribution is -2.40. The molecule has 0 aliphatic rings. The number of halogens is 2. The topological polar surface area (TPSA) is 18.5 Å². The van der Waals surface area contributed by atoms with Crippen LogP contribution in [0, 0.1) is 0 Å². The highest BCUT2D eigenvalue weighted by Crippen LogP contribution is 2.27. The summed E-state index contributed by atoms with van der Waals surface area (Å²) >= 11 is 5.97. The minimum absolute atomic E-state index is 0.00725. The van der Waals surface area contributed by atoms with E-state index in [-0.39, 0.29) is 18.2 Å². The molecule has 1 unspecified atom stereocenters. The molecule has 0 bridgehead atoms. The number of hydrogen-bond acceptors (Lipinski definition) is 4. The summed E-state index contributed by atoms with van der Waals surface area (Å²) in [6.45, 7) is -0.0331. The van der Waals surface area contributed by atoms with Crippen LogP contribution in [0.15, 0.2) is 41.8 Å². The summed E-state index contributed by atoms with van der Waals surface area (Å²) in [5, 5.41) is 1.66. The second-order valence-corrected chi connectivity index (χ2v) is 5.98. The predicted molar refractivity (Wildman–Crippen MR) is 97.2 cm³/mol. The SMILES string of the molecule is COB(Cc1ccccc1)C(SCl)[C@@H](/C=C/S)OI. The Balaban J connectivity index is 2.80. The fourth-order valence-corrected chi connectivity index (χ4v) is 3.85. The quantitative estimate of drug-likeness (QED) is 0.377. The zero-order valence-corrected chi connectivity index (χ0v) is 15.0. The second kappa shape index (κ2) is 10.4. The summed E-state index contributed by atoms with van der Waals surface area (Å²) < 4.78 is 11.0. The van der Waals surface area contributed by atoms with Gasteiger partial charge in [0.1, 0.15) is 23.0 Å². The van der Waals surface area contributed by atoms with Crippen LogP contribution in [0.4, 0.5) is 0 Å². The molecule has 0 amide bonds. The highest BCUT2D eigenvalue weighted by Gasteiger charge is 2.33. The molecule has 0 saturated carbocycles. The third kappa shape index (κ3) is 5.89. The maximum atomic E-state index is 6.01. The molecule has 0 aliphatic carbocycles. The molecule has 0 aromatic heterocycles. The molecule has 2 nitrogen and oxygen atoms in total. The molecule has 2 atom stereocenters. The molecule has 0 spiro atoms. The number of rotatable bonds is 8. The van der Waals surface area contributed by atoms with Gasteiger partial charge in [-0.15, -0.1) is 0 Å². The zero-order chi connectivity index (χ0) is 14.1. The van der Waals surface area contributed by atoms with E-state index in [9.17, 15) is 0 Å². The van der Waals surface area contributed by atoms with Crippen LogP contribution in [0.5, 0.6) is 0 Å². The lowest BCUT2D eigenvalue weighted by molar-refractivity contribution is 0.337. The van der Waals surface area contributed by atoms with Crippen molar-refractivity contribution in [2.45, 2.75) is 17.6 Å². The first kappa shape index (κ1) is 17.7. The average Bonchev–Trinajstić information content (AvgIpc) is 2.46. The Morgan fingerprint density at radius 1 is 1.47 bits per heavy atom. The average molecular weight is 429 g/mol. The highest BCUT2D eigenvalue weighted by molar-refractivity contribution is 14.1. The van der Waals surface area contributed by atoms with E-state index in [1.807, 2.05) is 47.3 Å². The van der Waals surface area contributed by atoms with Crippen molar-refractivity contribution in [2.24, 2.45) is 0 Å². The van der Waals surface area contributed by atoms with Crippen molar-refractivity contribution in [2.75, 3.05) is 7.11 Å². The maximum Gasteiger partial charge on any atom is 0.314 e. The Morgan fingerprint density at radius 2 is 2.16 bits per heavy atom. The van der Waals surface area contributed by atoms with E-state index < -0.39 is 0 Å². The molecule has 0 aliphatic heterocycles. The van der Waals surface area contributed by atoms with Gasteiger partial charge in [0, 0.05) is 7.11 Å². The lowest BCUT2D eigenvalue weighted by Gasteiger charge is -2.24. The van der Waals surface area contributed by atoms with Gasteiger partial charge in [0.05, 0.1) is 11.3 Å². The molecular weight excluding hydrogens is 413 g/mol. The van der Waals surface area contributed by atoms with E-state index in [2.05, 4.69) is 24.8 Å². The number of thiol groups is 1. The van der Waals surface area contributed by atoms with Crippen molar-refractivity contribution in [3.8, 4) is 0 Å². The normalized spacial score (nSPS) is 14.5. The minimum atomic E-state index is -0.144. The first-order valence-electron chi connectivity index (χ1n) is 5.69. The molecule has 0 saturated heterocycles. The van der Waals surface area contributed by atoms with Gasteiger partial charge < -0.3 is 7.72 Å². The molecule has 19 heavy (non-hydrogen) atoms. The van der Waals surface area contributed by atoms with Gasteiger partial charge in [-0.25, -0.2) is 0 Å². The molecule has 0 N–H and O–H groups in total. The predicted octanol–water partition coefficient (Wildman–Crippen LogP) is 4.38. The van der Waals surface area contributed by atoms with Crippen molar-refractivity contribution in [1.82, 2.24) is 0 Å². The van der Waals surface area contributed by atoms with Gasteiger partial charge in [-0.2, -0.15) is 12.6 Å². The largest absolute Gasteiger partial charge is 0.437 e. The van der Waals surface area contributed by atoms with Crippen molar-refractivity contribution in [3.05, 3.63) is 47.4 Å². The molecule has 0 fully saturated rings. The molecular formula is C12H15BClIO2S2. The van der Waals surface area contributed by atoms with Gasteiger partial charge in [-0.3, -0.25) is 0 Å². The zero-order valence-electron chi connectivity index (χ0n) is 10.4. The fraction of sp³-hybridized carbons (Fsp3) is 0.333. The Hall–Kier alpha value is 0.665. The van der Waals surface area contributed by atoms with Crippen molar-refractivity contribution in [3.63, 3.8) is 0 Å². The Labute approximate surface area is 143 Å². The Morgan fingerprint density at radius 3 is 2.63 bits per heavy atom. The Kier molecular flexibility index (Phi) is 9.70. The van der Waals surface area contributed by atoms with Gasteiger partial charge >= 0.3 is 6.92 Å². The smallest absolute Gasteiger partial charge is 0.314 e. The highest BCUT2D eigenvalue weighted by atomic mass is 127. The number of hydrogen-bond donors (Lipinski definition) is 1. The summed E-state index contributed by atoms with van der Waals surface area (Å²) in [4.78, 5) is 0. The summed E-state index contributed by atoms with van der Waals surface area (Å²) in [5.41, 5.74) is 1.21. The van der Waals surface area contributed by atoms with Crippen LogP contribution in [0.3, 0.4) is 0 Å². The monoisotopic (exact) mass is 428 g/mol. The van der Waals surface area contributed by atoms with Crippen molar-refractivity contribution in [1.29, 1.82) is 0 Å². The molecule has 1 rings (SSSR count). The van der Waals surface area contributed by atoms with Gasteiger partial charge in [-0.05, 0) is 28.5 Å². The van der Waals surface area contributed by atoms with E-state index in [1.165, 1.54) is 16.5 Å². The van der Waals surface area contributed by atoms with E-state index in [0.29, 0.717) is 0 Å². The van der Waals surface area contributed by atoms with Crippen LogP contribution in [0.2, 0.25) is 0 Å². The van der Waals surface area contributed by atoms with Crippen LogP contribution in [0.25, 0.3) is 0 Å². The first-order valence-corrected chi connectivity index (χ1v) is 8.79. The Bertz CT molecular complexity index is 383. The summed E-state index contributed by atoms with van der Waals surface area (Å²) in [5.74, 6) is 0. The summed E-state index contributed by atoms with van der Waals surface area (Å²) in [6.07, 6.45) is 2.51. The fourth-order valence-electron chi connectivity index (χ4n) is 1.77. The lowest BCUT2D eigenvalue weighted by atomic mass is 9.57. The van der Waals surface area contributed by atoms with Gasteiger partial charge in [-0.1, -0.05) is 46.9 Å². The third-order valence-corrected chi connectivity index (χ3v) is 4.91. The molecule has 1 aromatic rings. The number of benzene rings is 1. The second-order valence-electron chi connectivity index (χ2n) is 3.91. The van der Waals surface area contributed by atoms with E-state index in [4.69, 9.17) is 18.4 Å². The minimum Gasteiger partial charge on any atom is -0.437 e. The van der Waals surface area contributed by atoms with E-state index in [1.54, 1.807) is 12.5 Å². The van der Waals surface area contributed by atoms with Crippen LogP contribution in [-0.2, 0) is 14.0 Å². The molecule has 7 heteroatoms. The molecule has 0 radical (unpaired) electrons.